The molecule has 4 nitrogen and oxygen atoms in total. The van der Waals surface area contributed by atoms with Crippen LogP contribution in [0.4, 0.5) is 0 Å². The van der Waals surface area contributed by atoms with Crippen LogP contribution in [-0.2, 0) is 19.1 Å². The normalized spacial score (nSPS) is 21.2. The third kappa shape index (κ3) is 6.43. The average molecular weight is 288 g/mol. The van der Waals surface area contributed by atoms with Gasteiger partial charge in [0.1, 0.15) is 0 Å². The largest absolute Gasteiger partial charge is 0.464 e. The molecule has 1 aliphatic heterocycles. The predicted octanol–water partition coefficient (Wildman–Crippen LogP) is 2.94. The minimum Gasteiger partial charge on any atom is -0.464 e. The van der Waals surface area contributed by atoms with Crippen molar-refractivity contribution < 1.29 is 19.1 Å². The summed E-state index contributed by atoms with van der Waals surface area (Å²) in [4.78, 5) is 23.2. The lowest BCUT2D eigenvalue weighted by Crippen LogP contribution is -2.17. The lowest BCUT2D eigenvalue weighted by Gasteiger charge is -2.00. The molecular weight excluding hydrogens is 264 g/mol. The Kier molecular flexibility index (Phi) is 8.14. The molecule has 0 aromatic heterocycles. The Hall–Kier alpha value is -0.550. The van der Waals surface area contributed by atoms with E-state index in [-0.39, 0.29) is 5.12 Å². The average Bonchev–Trinajstić information content (AvgIpc) is 3.19. The van der Waals surface area contributed by atoms with Gasteiger partial charge in [0, 0.05) is 5.75 Å². The summed E-state index contributed by atoms with van der Waals surface area (Å²) in [7, 11) is 0. The molecule has 0 N–H and O–H groups in total. The van der Waals surface area contributed by atoms with Gasteiger partial charge in [-0.3, -0.25) is 4.79 Å². The smallest absolute Gasteiger partial charge is 0.338 e. The fraction of sp³-hybridized carbons (Fsp3) is 0.857. The molecule has 0 amide bonds. The number of unbranched alkanes of at least 4 members (excludes halogenated alkanes) is 4. The van der Waals surface area contributed by atoms with Gasteiger partial charge in [-0.2, -0.15) is 0 Å². The standard InChI is InChI=1S/C14H24O4S/c1-3-5-7-8-10-19-14(16)12-11(18-12)13(15)17-9-6-4-2/h11-12H,3-10H2,1-2H3. The second kappa shape index (κ2) is 9.37. The molecule has 0 spiro atoms. The van der Waals surface area contributed by atoms with Crippen LogP contribution in [0, 0.1) is 0 Å². The van der Waals surface area contributed by atoms with Crippen molar-refractivity contribution >= 4 is 22.8 Å². The molecule has 1 fully saturated rings. The second-order valence-electron chi connectivity index (χ2n) is 4.73. The van der Waals surface area contributed by atoms with Crippen molar-refractivity contribution in [3.8, 4) is 0 Å². The van der Waals surface area contributed by atoms with Gasteiger partial charge in [0.2, 0.25) is 5.12 Å². The highest BCUT2D eigenvalue weighted by molar-refractivity contribution is 8.13. The molecule has 0 saturated carbocycles. The maximum Gasteiger partial charge on any atom is 0.338 e. The summed E-state index contributed by atoms with van der Waals surface area (Å²) >= 11 is 1.28. The zero-order valence-electron chi connectivity index (χ0n) is 11.9. The topological polar surface area (TPSA) is 55.9 Å². The predicted molar refractivity (Wildman–Crippen MR) is 76.1 cm³/mol. The van der Waals surface area contributed by atoms with E-state index < -0.39 is 18.2 Å². The number of rotatable bonds is 10. The molecule has 2 atom stereocenters. The Morgan fingerprint density at radius 3 is 2.47 bits per heavy atom. The number of ether oxygens (including phenoxy) is 2. The summed E-state index contributed by atoms with van der Waals surface area (Å²) in [5.41, 5.74) is 0. The van der Waals surface area contributed by atoms with Gasteiger partial charge in [0.05, 0.1) is 6.61 Å². The summed E-state index contributed by atoms with van der Waals surface area (Å²) < 4.78 is 10.1. The van der Waals surface area contributed by atoms with Crippen LogP contribution in [0.15, 0.2) is 0 Å². The number of carbonyl (C=O) groups is 2. The molecule has 0 radical (unpaired) electrons. The highest BCUT2D eigenvalue weighted by Gasteiger charge is 2.51. The quantitative estimate of drug-likeness (QED) is 0.351. The van der Waals surface area contributed by atoms with Gasteiger partial charge >= 0.3 is 5.97 Å². The minimum atomic E-state index is -0.646. The van der Waals surface area contributed by atoms with Crippen molar-refractivity contribution in [2.45, 2.75) is 64.6 Å². The van der Waals surface area contributed by atoms with Crippen LogP contribution in [0.2, 0.25) is 0 Å². The first-order valence-electron chi connectivity index (χ1n) is 7.19. The van der Waals surface area contributed by atoms with Crippen molar-refractivity contribution in [2.24, 2.45) is 0 Å². The maximum absolute atomic E-state index is 11.7. The van der Waals surface area contributed by atoms with Gasteiger partial charge in [0.15, 0.2) is 12.2 Å². The van der Waals surface area contributed by atoms with E-state index in [1.165, 1.54) is 24.6 Å². The van der Waals surface area contributed by atoms with Crippen LogP contribution >= 0.6 is 11.8 Å². The maximum atomic E-state index is 11.7. The zero-order chi connectivity index (χ0) is 14.1. The van der Waals surface area contributed by atoms with E-state index in [4.69, 9.17) is 9.47 Å². The summed E-state index contributed by atoms with van der Waals surface area (Å²) in [6.07, 6.45) is 5.22. The third-order valence-electron chi connectivity index (χ3n) is 2.94. The van der Waals surface area contributed by atoms with Crippen molar-refractivity contribution in [3.63, 3.8) is 0 Å². The molecule has 0 aromatic carbocycles. The highest BCUT2D eigenvalue weighted by atomic mass is 32.2. The molecule has 1 aliphatic rings. The van der Waals surface area contributed by atoms with E-state index in [2.05, 4.69) is 6.92 Å². The van der Waals surface area contributed by atoms with Gasteiger partial charge in [-0.15, -0.1) is 0 Å². The monoisotopic (exact) mass is 288 g/mol. The van der Waals surface area contributed by atoms with Gasteiger partial charge in [-0.05, 0) is 12.8 Å². The number of thioether (sulfide) groups is 1. The fourth-order valence-corrected chi connectivity index (χ4v) is 2.55. The number of hydrogen-bond acceptors (Lipinski definition) is 5. The Morgan fingerprint density at radius 2 is 1.79 bits per heavy atom. The van der Waals surface area contributed by atoms with Crippen molar-refractivity contribution in [2.75, 3.05) is 12.4 Å². The fourth-order valence-electron chi connectivity index (χ4n) is 1.65. The minimum absolute atomic E-state index is 0.0334. The van der Waals surface area contributed by atoms with Gasteiger partial charge in [-0.25, -0.2) is 4.79 Å². The van der Waals surface area contributed by atoms with Crippen molar-refractivity contribution in [1.29, 1.82) is 0 Å². The molecule has 1 heterocycles. The number of carbonyl (C=O) groups excluding carboxylic acids is 2. The van der Waals surface area contributed by atoms with Crippen molar-refractivity contribution in [3.05, 3.63) is 0 Å². The molecule has 0 aromatic rings. The molecule has 0 bridgehead atoms. The van der Waals surface area contributed by atoms with Gasteiger partial charge in [0.25, 0.3) is 0 Å². The summed E-state index contributed by atoms with van der Waals surface area (Å²) in [5, 5.41) is -0.0334. The molecule has 110 valence electrons. The lowest BCUT2D eigenvalue weighted by atomic mass is 10.2. The number of epoxide rings is 1. The van der Waals surface area contributed by atoms with E-state index in [9.17, 15) is 9.59 Å². The highest BCUT2D eigenvalue weighted by Crippen LogP contribution is 2.29. The SMILES string of the molecule is CCCCCCSC(=O)C1OC1C(=O)OCCCC. The van der Waals surface area contributed by atoms with Crippen LogP contribution in [0.3, 0.4) is 0 Å². The third-order valence-corrected chi connectivity index (χ3v) is 3.95. The van der Waals surface area contributed by atoms with Gasteiger partial charge < -0.3 is 9.47 Å². The van der Waals surface area contributed by atoms with Crippen LogP contribution in [-0.4, -0.2) is 35.7 Å². The molecule has 1 rings (SSSR count). The van der Waals surface area contributed by atoms with Crippen LogP contribution in [0.5, 0.6) is 0 Å². The van der Waals surface area contributed by atoms with Crippen LogP contribution in [0.1, 0.15) is 52.4 Å². The first-order chi connectivity index (χ1) is 9.20. The Balaban J connectivity index is 2.07. The zero-order valence-corrected chi connectivity index (χ0v) is 12.7. The number of esters is 1. The summed E-state index contributed by atoms with van der Waals surface area (Å²) in [6.45, 7) is 4.61. The number of hydrogen-bond donors (Lipinski definition) is 0. The van der Waals surface area contributed by atoms with Crippen LogP contribution < -0.4 is 0 Å². The van der Waals surface area contributed by atoms with Crippen molar-refractivity contribution in [1.82, 2.24) is 0 Å². The Morgan fingerprint density at radius 1 is 1.05 bits per heavy atom. The molecule has 1 saturated heterocycles. The Bertz CT molecular complexity index is 293. The van der Waals surface area contributed by atoms with E-state index in [0.717, 1.165) is 31.4 Å². The first-order valence-corrected chi connectivity index (χ1v) is 8.18. The second-order valence-corrected chi connectivity index (χ2v) is 5.83. The summed E-state index contributed by atoms with van der Waals surface area (Å²) in [5.74, 6) is 0.425. The molecule has 5 heteroatoms. The molecular formula is C14H24O4S. The van der Waals surface area contributed by atoms with E-state index in [1.807, 2.05) is 6.92 Å². The first kappa shape index (κ1) is 16.5. The summed E-state index contributed by atoms with van der Waals surface area (Å²) in [6, 6.07) is 0. The van der Waals surface area contributed by atoms with E-state index >= 15 is 0 Å². The van der Waals surface area contributed by atoms with E-state index in [0.29, 0.717) is 6.61 Å². The Labute approximate surface area is 119 Å². The molecule has 0 aliphatic carbocycles. The van der Waals surface area contributed by atoms with Gasteiger partial charge in [-0.1, -0.05) is 51.3 Å². The molecule has 19 heavy (non-hydrogen) atoms. The van der Waals surface area contributed by atoms with E-state index in [1.54, 1.807) is 0 Å². The van der Waals surface area contributed by atoms with Crippen LogP contribution in [0.25, 0.3) is 0 Å². The molecule has 2 unspecified atom stereocenters. The lowest BCUT2D eigenvalue weighted by molar-refractivity contribution is -0.145.